The van der Waals surface area contributed by atoms with Crippen LogP contribution in [0.5, 0.6) is 0 Å². The fourth-order valence-electron chi connectivity index (χ4n) is 4.22. The van der Waals surface area contributed by atoms with Gasteiger partial charge in [0.1, 0.15) is 32.9 Å². The van der Waals surface area contributed by atoms with Crippen LogP contribution in [0.1, 0.15) is 53.4 Å². The van der Waals surface area contributed by atoms with Gasteiger partial charge >= 0.3 is 17.9 Å². The largest absolute Gasteiger partial charge is 0.464 e. The molecule has 12 heteroatoms. The summed E-state index contributed by atoms with van der Waals surface area (Å²) in [5, 5.41) is -0.373. The van der Waals surface area contributed by atoms with Gasteiger partial charge in [0.15, 0.2) is 0 Å². The number of carbonyl (C=O) groups excluding carboxylic acids is 5. The zero-order valence-electron chi connectivity index (χ0n) is 27.3. The molecule has 42 heavy (non-hydrogen) atoms. The van der Waals surface area contributed by atoms with Crippen molar-refractivity contribution in [2.24, 2.45) is 17.8 Å². The van der Waals surface area contributed by atoms with Crippen molar-refractivity contribution in [2.45, 2.75) is 58.6 Å². The number of amides is 2. The summed E-state index contributed by atoms with van der Waals surface area (Å²) in [6, 6.07) is 0. The van der Waals surface area contributed by atoms with Gasteiger partial charge in [-0.1, -0.05) is 20.8 Å². The van der Waals surface area contributed by atoms with Crippen molar-refractivity contribution < 1.29 is 47.1 Å². The summed E-state index contributed by atoms with van der Waals surface area (Å²) < 4.78 is 17.8. The maximum atomic E-state index is 13.1. The third-order valence-electron chi connectivity index (χ3n) is 7.50. The number of carbonyl (C=O) groups is 5. The van der Waals surface area contributed by atoms with Crippen LogP contribution in [0.4, 0.5) is 0 Å². The van der Waals surface area contributed by atoms with Crippen molar-refractivity contribution in [3.63, 3.8) is 0 Å². The van der Waals surface area contributed by atoms with Crippen molar-refractivity contribution in [3.05, 3.63) is 0 Å². The molecule has 242 valence electrons. The molecule has 11 nitrogen and oxygen atoms in total. The lowest BCUT2D eigenvalue weighted by molar-refractivity contribution is -0.888. The van der Waals surface area contributed by atoms with Crippen molar-refractivity contribution >= 4 is 41.5 Å². The first kappa shape index (κ1) is 37.8. The Morgan fingerprint density at radius 1 is 0.857 bits per heavy atom. The highest BCUT2D eigenvalue weighted by molar-refractivity contribution is 8.00. The third kappa shape index (κ3) is 13.9. The van der Waals surface area contributed by atoms with E-state index in [1.54, 1.807) is 13.8 Å². The molecule has 0 N–H and O–H groups in total. The Labute approximate surface area is 256 Å². The number of nitrogens with zero attached hydrogens (tertiary/aromatic N) is 3. The van der Waals surface area contributed by atoms with Crippen molar-refractivity contribution in [1.29, 1.82) is 0 Å². The smallest absolute Gasteiger partial charge is 0.309 e. The van der Waals surface area contributed by atoms with Crippen LogP contribution in [-0.2, 0) is 38.2 Å². The molecule has 0 bridgehead atoms. The maximum absolute atomic E-state index is 13.1. The molecule has 0 aromatic rings. The van der Waals surface area contributed by atoms with Gasteiger partial charge < -0.3 is 23.2 Å². The summed E-state index contributed by atoms with van der Waals surface area (Å²) >= 11 is 1.48. The lowest BCUT2D eigenvalue weighted by atomic mass is 9.88. The summed E-state index contributed by atoms with van der Waals surface area (Å²) in [7, 11) is 10.1. The molecular formula is C30H55N3O8S+2. The van der Waals surface area contributed by atoms with Gasteiger partial charge in [0.25, 0.3) is 0 Å². The number of likely N-dealkylation sites (N-methyl/N-ethyl adjacent to an activating group) is 2. The van der Waals surface area contributed by atoms with Gasteiger partial charge in [-0.2, -0.15) is 0 Å². The van der Waals surface area contributed by atoms with Gasteiger partial charge in [0.2, 0.25) is 11.8 Å². The molecule has 4 unspecified atom stereocenters. The average Bonchev–Trinajstić information content (AvgIpc) is 3.17. The molecule has 1 aliphatic heterocycles. The SMILES string of the molecule is CCCSC1CC(=O)N(CCOC(=O)C(C)CC(CC(C)C(=O)OCC[N+](C)(C)CC)C(=O)OCC[N+](C)(C)C)C1=O. The number of thioether (sulfide) groups is 1. The number of hydrogen-bond donors (Lipinski definition) is 0. The van der Waals surface area contributed by atoms with E-state index in [0.29, 0.717) is 17.6 Å². The van der Waals surface area contributed by atoms with Crippen LogP contribution in [0.25, 0.3) is 0 Å². The molecular weight excluding hydrogens is 562 g/mol. The van der Waals surface area contributed by atoms with Gasteiger partial charge in [-0.25, -0.2) is 0 Å². The topological polar surface area (TPSA) is 116 Å². The molecule has 1 fully saturated rings. The fourth-order valence-corrected chi connectivity index (χ4v) is 5.27. The van der Waals surface area contributed by atoms with Gasteiger partial charge in [-0.05, 0) is 31.9 Å². The second kappa shape index (κ2) is 17.8. The first-order valence-electron chi connectivity index (χ1n) is 15.1. The molecule has 4 atom stereocenters. The molecule has 0 aliphatic carbocycles. The predicted molar refractivity (Wildman–Crippen MR) is 162 cm³/mol. The predicted octanol–water partition coefficient (Wildman–Crippen LogP) is 2.36. The Morgan fingerprint density at radius 2 is 1.38 bits per heavy atom. The maximum Gasteiger partial charge on any atom is 0.309 e. The summed E-state index contributed by atoms with van der Waals surface area (Å²) in [6.07, 6.45) is 1.40. The van der Waals surface area contributed by atoms with Gasteiger partial charge in [-0.3, -0.25) is 28.9 Å². The number of esters is 3. The van der Waals surface area contributed by atoms with E-state index in [0.717, 1.165) is 28.1 Å². The second-order valence-electron chi connectivity index (χ2n) is 12.9. The fraction of sp³-hybridized carbons (Fsp3) is 0.833. The molecule has 0 saturated carbocycles. The number of rotatable bonds is 20. The zero-order valence-corrected chi connectivity index (χ0v) is 28.1. The third-order valence-corrected chi connectivity index (χ3v) is 8.92. The highest BCUT2D eigenvalue weighted by atomic mass is 32.2. The van der Waals surface area contributed by atoms with Crippen LogP contribution in [0, 0.1) is 17.8 Å². The molecule has 1 saturated heterocycles. The minimum Gasteiger partial charge on any atom is -0.464 e. The van der Waals surface area contributed by atoms with E-state index in [1.807, 2.05) is 28.1 Å². The molecule has 1 heterocycles. The van der Waals surface area contributed by atoms with Crippen LogP contribution in [0.3, 0.4) is 0 Å². The van der Waals surface area contributed by atoms with E-state index in [-0.39, 0.29) is 68.7 Å². The highest BCUT2D eigenvalue weighted by Gasteiger charge is 2.38. The van der Waals surface area contributed by atoms with E-state index >= 15 is 0 Å². The molecule has 0 aromatic carbocycles. The number of hydrogen-bond acceptors (Lipinski definition) is 9. The van der Waals surface area contributed by atoms with E-state index in [4.69, 9.17) is 14.2 Å². The van der Waals surface area contributed by atoms with Crippen LogP contribution in [-0.4, -0.2) is 136 Å². The summed E-state index contributed by atoms with van der Waals surface area (Å²) in [5.41, 5.74) is 0. The van der Waals surface area contributed by atoms with Crippen LogP contribution < -0.4 is 0 Å². The monoisotopic (exact) mass is 617 g/mol. The summed E-state index contributed by atoms with van der Waals surface area (Å²) in [6.45, 7) is 10.1. The standard InChI is InChI=1S/C30H55N3O8S/c1-10-18-42-25-21-26(34)31(27(25)35)12-15-39-28(36)22(3)19-24(30(38)41-16-13-32(5,6)7)20-23(4)29(37)40-17-14-33(8,9)11-2/h22-25H,10-21H2,1-9H3/q+2. The second-order valence-corrected chi connectivity index (χ2v) is 14.2. The van der Waals surface area contributed by atoms with Gasteiger partial charge in [0.05, 0.1) is 71.3 Å². The Kier molecular flexibility index (Phi) is 16.1. The average molecular weight is 618 g/mol. The minimum absolute atomic E-state index is 0.00621. The molecule has 0 radical (unpaired) electrons. The van der Waals surface area contributed by atoms with Crippen molar-refractivity contribution in [1.82, 2.24) is 4.90 Å². The molecule has 1 rings (SSSR count). The van der Waals surface area contributed by atoms with Crippen molar-refractivity contribution in [2.75, 3.05) is 87.0 Å². The minimum atomic E-state index is -0.705. The van der Waals surface area contributed by atoms with E-state index in [9.17, 15) is 24.0 Å². The van der Waals surface area contributed by atoms with Crippen LogP contribution >= 0.6 is 11.8 Å². The molecule has 0 spiro atoms. The lowest BCUT2D eigenvalue weighted by Crippen LogP contribution is -2.42. The Morgan fingerprint density at radius 3 is 1.90 bits per heavy atom. The number of likely N-dealkylation sites (tertiary alicyclic amines) is 1. The number of imide groups is 1. The van der Waals surface area contributed by atoms with E-state index in [2.05, 4.69) is 21.0 Å². The van der Waals surface area contributed by atoms with Crippen molar-refractivity contribution in [3.8, 4) is 0 Å². The lowest BCUT2D eigenvalue weighted by Gasteiger charge is -2.28. The first-order chi connectivity index (χ1) is 19.5. The Hall–Kier alpha value is -2.18. The number of ether oxygens (including phenoxy) is 3. The molecule has 1 aliphatic rings. The normalized spacial score (nSPS) is 18.0. The van der Waals surface area contributed by atoms with E-state index < -0.39 is 29.7 Å². The van der Waals surface area contributed by atoms with E-state index in [1.165, 1.54) is 11.8 Å². The van der Waals surface area contributed by atoms with Crippen LogP contribution in [0.15, 0.2) is 0 Å². The molecule has 0 aromatic heterocycles. The number of quaternary nitrogens is 2. The summed E-state index contributed by atoms with van der Waals surface area (Å²) in [5.74, 6) is -3.01. The first-order valence-corrected chi connectivity index (χ1v) is 16.1. The Balaban J connectivity index is 2.74. The van der Waals surface area contributed by atoms with Gasteiger partial charge in [-0.15, -0.1) is 11.8 Å². The Bertz CT molecular complexity index is 921. The van der Waals surface area contributed by atoms with Gasteiger partial charge in [0, 0.05) is 6.42 Å². The zero-order chi connectivity index (χ0) is 32.1. The highest BCUT2D eigenvalue weighted by Crippen LogP contribution is 2.26. The molecule has 2 amide bonds. The summed E-state index contributed by atoms with van der Waals surface area (Å²) in [4.78, 5) is 64.6. The quantitative estimate of drug-likeness (QED) is 0.0879. The van der Waals surface area contributed by atoms with Crippen LogP contribution in [0.2, 0.25) is 0 Å².